The first-order valence-corrected chi connectivity index (χ1v) is 7.28. The van der Waals surface area contributed by atoms with Gasteiger partial charge in [0.15, 0.2) is 0 Å². The Balaban J connectivity index is 1.64. The number of nitrogens with zero attached hydrogens (tertiary/aromatic N) is 1. The predicted molar refractivity (Wildman–Crippen MR) is 74.2 cm³/mol. The van der Waals surface area contributed by atoms with E-state index in [1.165, 1.54) is 44.2 Å². The van der Waals surface area contributed by atoms with E-state index in [9.17, 15) is 4.79 Å². The van der Waals surface area contributed by atoms with Gasteiger partial charge in [-0.2, -0.15) is 0 Å². The second kappa shape index (κ2) is 5.33. The second-order valence-electron chi connectivity index (χ2n) is 5.96. The molecule has 2 fully saturated rings. The third-order valence-corrected chi connectivity index (χ3v) is 4.37. The fourth-order valence-electron chi connectivity index (χ4n) is 2.71. The Bertz CT molecular complexity index is 446. The van der Waals surface area contributed by atoms with Crippen LogP contribution in [0, 0.1) is 5.92 Å². The molecule has 0 spiro atoms. The van der Waals surface area contributed by atoms with Gasteiger partial charge in [0.1, 0.15) is 0 Å². The van der Waals surface area contributed by atoms with Crippen LogP contribution in [0.5, 0.6) is 0 Å². The molecule has 0 aromatic heterocycles. The molecule has 2 aliphatic rings. The summed E-state index contributed by atoms with van der Waals surface area (Å²) in [6, 6.07) is 8.12. The monoisotopic (exact) mass is 259 g/mol. The van der Waals surface area contributed by atoms with Crippen LogP contribution >= 0.6 is 0 Å². The molecule has 3 heteroatoms. The lowest BCUT2D eigenvalue weighted by molar-refractivity contribution is 0.0697. The number of aromatic carboxylic acids is 1. The highest BCUT2D eigenvalue weighted by Crippen LogP contribution is 2.34. The predicted octanol–water partition coefficient (Wildman–Crippen LogP) is 3.15. The third-order valence-electron chi connectivity index (χ3n) is 4.37. The molecule has 0 unspecified atom stereocenters. The molecular formula is C16H21NO2. The Hall–Kier alpha value is -1.35. The summed E-state index contributed by atoms with van der Waals surface area (Å²) in [5.41, 5.74) is 1.61. The standard InChI is InChI=1S/C16H21NO2/c18-16(19)14-8-6-13(7-9-14)11-17(10-12-4-5-12)15-2-1-3-15/h6-9,12,15H,1-5,10-11H2,(H,18,19). The maximum atomic E-state index is 10.8. The van der Waals surface area contributed by atoms with Gasteiger partial charge in [0.25, 0.3) is 0 Å². The molecule has 0 bridgehead atoms. The fraction of sp³-hybridized carbons (Fsp3) is 0.562. The number of hydrogen-bond acceptors (Lipinski definition) is 2. The molecule has 1 aromatic rings. The van der Waals surface area contributed by atoms with Crippen LogP contribution in [0.1, 0.15) is 48.0 Å². The van der Waals surface area contributed by atoms with E-state index in [1.54, 1.807) is 12.1 Å². The van der Waals surface area contributed by atoms with Crippen molar-refractivity contribution in [3.63, 3.8) is 0 Å². The highest BCUT2D eigenvalue weighted by atomic mass is 16.4. The lowest BCUT2D eigenvalue weighted by Gasteiger charge is -2.37. The summed E-state index contributed by atoms with van der Waals surface area (Å²) < 4.78 is 0. The number of carbonyl (C=O) groups is 1. The van der Waals surface area contributed by atoms with Gasteiger partial charge in [-0.1, -0.05) is 18.6 Å². The fourth-order valence-corrected chi connectivity index (χ4v) is 2.71. The van der Waals surface area contributed by atoms with E-state index < -0.39 is 5.97 Å². The van der Waals surface area contributed by atoms with E-state index >= 15 is 0 Å². The van der Waals surface area contributed by atoms with Gasteiger partial charge in [-0.3, -0.25) is 4.90 Å². The molecule has 1 N–H and O–H groups in total. The van der Waals surface area contributed by atoms with Crippen LogP contribution in [0.25, 0.3) is 0 Å². The summed E-state index contributed by atoms with van der Waals surface area (Å²) in [7, 11) is 0. The summed E-state index contributed by atoms with van der Waals surface area (Å²) in [4.78, 5) is 13.4. The maximum absolute atomic E-state index is 10.8. The Morgan fingerprint density at radius 2 is 1.84 bits per heavy atom. The average molecular weight is 259 g/mol. The van der Waals surface area contributed by atoms with Crippen molar-refractivity contribution in [2.45, 2.75) is 44.7 Å². The lowest BCUT2D eigenvalue weighted by Crippen LogP contribution is -2.40. The van der Waals surface area contributed by atoms with Crippen molar-refractivity contribution in [1.29, 1.82) is 0 Å². The number of hydrogen-bond donors (Lipinski definition) is 1. The molecule has 2 saturated carbocycles. The molecule has 102 valence electrons. The van der Waals surface area contributed by atoms with E-state index in [0.29, 0.717) is 5.56 Å². The molecule has 3 rings (SSSR count). The maximum Gasteiger partial charge on any atom is 0.335 e. The molecular weight excluding hydrogens is 238 g/mol. The second-order valence-corrected chi connectivity index (χ2v) is 5.96. The van der Waals surface area contributed by atoms with Gasteiger partial charge in [-0.05, 0) is 49.3 Å². The summed E-state index contributed by atoms with van der Waals surface area (Å²) in [6.45, 7) is 2.20. The zero-order chi connectivity index (χ0) is 13.2. The van der Waals surface area contributed by atoms with Crippen LogP contribution < -0.4 is 0 Å². The average Bonchev–Trinajstić information content (AvgIpc) is 3.11. The number of carboxylic acids is 1. The summed E-state index contributed by atoms with van der Waals surface area (Å²) in [6.07, 6.45) is 6.81. The van der Waals surface area contributed by atoms with Gasteiger partial charge in [0.05, 0.1) is 5.56 Å². The van der Waals surface area contributed by atoms with Gasteiger partial charge >= 0.3 is 5.97 Å². The smallest absolute Gasteiger partial charge is 0.335 e. The zero-order valence-electron chi connectivity index (χ0n) is 11.2. The van der Waals surface area contributed by atoms with Crippen LogP contribution in [0.15, 0.2) is 24.3 Å². The Morgan fingerprint density at radius 3 is 2.32 bits per heavy atom. The molecule has 0 radical (unpaired) electrons. The molecule has 2 aliphatic carbocycles. The lowest BCUT2D eigenvalue weighted by atomic mass is 9.91. The zero-order valence-corrected chi connectivity index (χ0v) is 11.2. The first kappa shape index (κ1) is 12.7. The van der Waals surface area contributed by atoms with Crippen LogP contribution in [-0.4, -0.2) is 28.6 Å². The molecule has 0 saturated heterocycles. The quantitative estimate of drug-likeness (QED) is 0.853. The minimum Gasteiger partial charge on any atom is -0.478 e. The van der Waals surface area contributed by atoms with Gasteiger partial charge in [0, 0.05) is 19.1 Å². The number of carboxylic acid groups (broad SMARTS) is 1. The van der Waals surface area contributed by atoms with Crippen LogP contribution in [0.2, 0.25) is 0 Å². The molecule has 0 atom stereocenters. The van der Waals surface area contributed by atoms with Gasteiger partial charge in [-0.25, -0.2) is 4.79 Å². The van der Waals surface area contributed by atoms with E-state index in [4.69, 9.17) is 5.11 Å². The van der Waals surface area contributed by atoms with Crippen molar-refractivity contribution in [2.75, 3.05) is 6.54 Å². The highest BCUT2D eigenvalue weighted by Gasteiger charge is 2.30. The van der Waals surface area contributed by atoms with E-state index in [1.807, 2.05) is 12.1 Å². The molecule has 19 heavy (non-hydrogen) atoms. The molecule has 0 amide bonds. The summed E-state index contributed by atoms with van der Waals surface area (Å²) in [5, 5.41) is 8.91. The summed E-state index contributed by atoms with van der Waals surface area (Å²) >= 11 is 0. The van der Waals surface area contributed by atoms with Crippen LogP contribution in [-0.2, 0) is 6.54 Å². The van der Waals surface area contributed by atoms with Gasteiger partial charge < -0.3 is 5.11 Å². The minimum atomic E-state index is -0.847. The van der Waals surface area contributed by atoms with Gasteiger partial charge in [0.2, 0.25) is 0 Å². The topological polar surface area (TPSA) is 40.5 Å². The van der Waals surface area contributed by atoms with Crippen molar-refractivity contribution in [2.24, 2.45) is 5.92 Å². The van der Waals surface area contributed by atoms with Crippen molar-refractivity contribution < 1.29 is 9.90 Å². The van der Waals surface area contributed by atoms with Crippen molar-refractivity contribution in [3.8, 4) is 0 Å². The third kappa shape index (κ3) is 3.16. The number of rotatable bonds is 6. The molecule has 3 nitrogen and oxygen atoms in total. The Kier molecular flexibility index (Phi) is 3.56. The minimum absolute atomic E-state index is 0.376. The largest absolute Gasteiger partial charge is 0.478 e. The molecule has 0 heterocycles. The van der Waals surface area contributed by atoms with Crippen molar-refractivity contribution in [3.05, 3.63) is 35.4 Å². The Morgan fingerprint density at radius 1 is 1.16 bits per heavy atom. The van der Waals surface area contributed by atoms with Gasteiger partial charge in [-0.15, -0.1) is 0 Å². The van der Waals surface area contributed by atoms with E-state index in [2.05, 4.69) is 4.90 Å². The van der Waals surface area contributed by atoms with Crippen LogP contribution in [0.4, 0.5) is 0 Å². The highest BCUT2D eigenvalue weighted by molar-refractivity contribution is 5.87. The van der Waals surface area contributed by atoms with E-state index in [-0.39, 0.29) is 0 Å². The van der Waals surface area contributed by atoms with E-state index in [0.717, 1.165) is 18.5 Å². The van der Waals surface area contributed by atoms with Crippen molar-refractivity contribution >= 4 is 5.97 Å². The summed E-state index contributed by atoms with van der Waals surface area (Å²) in [5.74, 6) is 0.0688. The number of benzene rings is 1. The first-order chi connectivity index (χ1) is 9.22. The Labute approximate surface area is 114 Å². The first-order valence-electron chi connectivity index (χ1n) is 7.28. The SMILES string of the molecule is O=C(O)c1ccc(CN(CC2CC2)C2CCC2)cc1. The van der Waals surface area contributed by atoms with Crippen LogP contribution in [0.3, 0.4) is 0 Å². The normalized spacial score (nSPS) is 19.4. The molecule has 0 aliphatic heterocycles. The van der Waals surface area contributed by atoms with Crippen molar-refractivity contribution in [1.82, 2.24) is 4.90 Å². The molecule has 1 aromatic carbocycles.